The number of nitrogens with one attached hydrogen (secondary N) is 1. The van der Waals surface area contributed by atoms with Crippen LogP contribution in [-0.2, 0) is 14.4 Å². The number of thioether (sulfide) groups is 1. The van der Waals surface area contributed by atoms with Gasteiger partial charge >= 0.3 is 0 Å². The number of nitrogens with zero attached hydrogens (tertiary/aromatic N) is 3. The largest absolute Gasteiger partial charge is 0.361 e. The van der Waals surface area contributed by atoms with Crippen molar-refractivity contribution in [1.82, 2.24) is 19.7 Å². The molecule has 3 fully saturated rings. The van der Waals surface area contributed by atoms with Crippen LogP contribution in [0.15, 0.2) is 59.6 Å². The second-order valence-corrected chi connectivity index (χ2v) is 12.1. The van der Waals surface area contributed by atoms with Crippen LogP contribution in [0.2, 0.25) is 5.02 Å². The molecule has 2 unspecified atom stereocenters. The van der Waals surface area contributed by atoms with Crippen LogP contribution < -0.4 is 0 Å². The molecule has 0 radical (unpaired) electrons. The molecular weight excluding hydrogens is 508 g/mol. The molecule has 3 heterocycles. The smallest absolute Gasteiger partial charge is 0.242 e. The number of piperazine rings is 1. The molecule has 6 rings (SSSR count). The number of H-pyrrole nitrogens is 1. The van der Waals surface area contributed by atoms with Gasteiger partial charge in [0.15, 0.2) is 0 Å². The lowest BCUT2D eigenvalue weighted by Crippen LogP contribution is -2.56. The number of hydrogen-bond acceptors (Lipinski definition) is 4. The number of aromatic amines is 1. The zero-order valence-electron chi connectivity index (χ0n) is 20.4. The second-order valence-electron chi connectivity index (χ2n) is 10.2. The first kappa shape index (κ1) is 24.4. The highest BCUT2D eigenvalue weighted by Crippen LogP contribution is 2.55. The minimum atomic E-state index is -1.04. The van der Waals surface area contributed by atoms with Crippen LogP contribution in [0.25, 0.3) is 10.9 Å². The topological polar surface area (TPSA) is 76.7 Å². The molecule has 1 N–H and O–H groups in total. The highest BCUT2D eigenvalue weighted by atomic mass is 35.5. The lowest BCUT2D eigenvalue weighted by atomic mass is 9.90. The van der Waals surface area contributed by atoms with Crippen LogP contribution in [0.5, 0.6) is 0 Å². The average Bonchev–Trinajstić information content (AvgIpc) is 3.59. The van der Waals surface area contributed by atoms with Gasteiger partial charge in [0.2, 0.25) is 18.2 Å². The van der Waals surface area contributed by atoms with E-state index in [-0.39, 0.29) is 18.2 Å². The van der Waals surface area contributed by atoms with Crippen molar-refractivity contribution in [3.8, 4) is 0 Å². The van der Waals surface area contributed by atoms with Crippen LogP contribution in [-0.4, -0.2) is 75.4 Å². The van der Waals surface area contributed by atoms with Crippen molar-refractivity contribution in [2.45, 2.75) is 34.9 Å². The number of rotatable bonds is 7. The minimum absolute atomic E-state index is 0.0172. The Morgan fingerprint density at radius 2 is 1.86 bits per heavy atom. The maximum absolute atomic E-state index is 14.6. The predicted octanol–water partition coefficient (Wildman–Crippen LogP) is 4.34. The molecule has 2 atom stereocenters. The van der Waals surface area contributed by atoms with Gasteiger partial charge in [-0.25, -0.2) is 0 Å². The quantitative estimate of drug-likeness (QED) is 0.456. The zero-order valence-corrected chi connectivity index (χ0v) is 22.0. The summed E-state index contributed by atoms with van der Waals surface area (Å²) < 4.78 is -1.04. The van der Waals surface area contributed by atoms with Crippen molar-refractivity contribution >= 4 is 52.5 Å². The normalized spacial score (nSPS) is 24.2. The fourth-order valence-corrected chi connectivity index (χ4v) is 7.36. The molecule has 0 bridgehead atoms. The molecule has 9 heteroatoms. The fourth-order valence-electron chi connectivity index (χ4n) is 5.70. The summed E-state index contributed by atoms with van der Waals surface area (Å²) in [7, 11) is 0. The number of amides is 3. The Labute approximate surface area is 225 Å². The van der Waals surface area contributed by atoms with Gasteiger partial charge in [0.05, 0.1) is 12.5 Å². The highest BCUT2D eigenvalue weighted by molar-refractivity contribution is 8.01. The van der Waals surface area contributed by atoms with Crippen molar-refractivity contribution in [3.63, 3.8) is 0 Å². The number of halogens is 1. The molecule has 3 aliphatic rings. The van der Waals surface area contributed by atoms with E-state index in [0.717, 1.165) is 40.6 Å². The summed E-state index contributed by atoms with van der Waals surface area (Å²) >= 11 is 7.78. The number of likely N-dealkylation sites (tertiary alicyclic amines) is 1. The third-order valence-corrected chi connectivity index (χ3v) is 9.41. The Bertz CT molecular complexity index is 1340. The standard InChI is InChI=1S/C28H29ClN4O3S/c29-20-8-9-22-23(16-30-24(22)14-20)26-28(37-21-4-2-1-3-5-21,15-25(35)33(26)17-19-6-7-19)27(36)32-12-10-31(18-34)11-13-32/h1-5,8-9,14,16,18-19,26,30H,6-7,10-13,15,17H2. The molecule has 1 aromatic heterocycles. The van der Waals surface area contributed by atoms with E-state index in [1.54, 1.807) is 4.90 Å². The molecule has 2 saturated heterocycles. The molecule has 0 spiro atoms. The summed E-state index contributed by atoms with van der Waals surface area (Å²) in [5.41, 5.74) is 1.83. The average molecular weight is 537 g/mol. The number of hydrogen-bond donors (Lipinski definition) is 1. The van der Waals surface area contributed by atoms with Crippen LogP contribution in [0, 0.1) is 5.92 Å². The molecule has 192 valence electrons. The first-order chi connectivity index (χ1) is 18.0. The summed E-state index contributed by atoms with van der Waals surface area (Å²) in [5.74, 6) is 0.463. The Kier molecular flexibility index (Phi) is 6.41. The number of benzene rings is 2. The molecule has 3 aromatic rings. The predicted molar refractivity (Wildman–Crippen MR) is 144 cm³/mol. The van der Waals surface area contributed by atoms with Gasteiger partial charge in [-0.3, -0.25) is 14.4 Å². The van der Waals surface area contributed by atoms with Gasteiger partial charge in [-0.2, -0.15) is 0 Å². The van der Waals surface area contributed by atoms with E-state index in [1.165, 1.54) is 11.8 Å². The Morgan fingerprint density at radius 1 is 1.11 bits per heavy atom. The molecule has 3 amide bonds. The first-order valence-electron chi connectivity index (χ1n) is 12.8. The summed E-state index contributed by atoms with van der Waals surface area (Å²) in [4.78, 5) is 49.5. The highest BCUT2D eigenvalue weighted by Gasteiger charge is 2.60. The van der Waals surface area contributed by atoms with Gasteiger partial charge in [-0.05, 0) is 43.0 Å². The second kappa shape index (κ2) is 9.72. The van der Waals surface area contributed by atoms with Gasteiger partial charge in [0.25, 0.3) is 0 Å². The summed E-state index contributed by atoms with van der Waals surface area (Å²) in [5, 5.41) is 1.61. The monoisotopic (exact) mass is 536 g/mol. The fraction of sp³-hybridized carbons (Fsp3) is 0.393. The summed E-state index contributed by atoms with van der Waals surface area (Å²) in [6, 6.07) is 15.2. The SMILES string of the molecule is O=CN1CCN(C(=O)C2(Sc3ccccc3)CC(=O)N(CC3CC3)C2c2c[nH]c3cc(Cl)ccc23)CC1. The maximum atomic E-state index is 14.6. The number of carbonyl (C=O) groups excluding carboxylic acids is 3. The molecule has 37 heavy (non-hydrogen) atoms. The van der Waals surface area contributed by atoms with E-state index in [0.29, 0.717) is 43.7 Å². The third-order valence-electron chi connectivity index (χ3n) is 7.77. The lowest BCUT2D eigenvalue weighted by molar-refractivity contribution is -0.138. The van der Waals surface area contributed by atoms with E-state index in [2.05, 4.69) is 4.98 Å². The van der Waals surface area contributed by atoms with Crippen LogP contribution in [0.1, 0.15) is 30.9 Å². The lowest BCUT2D eigenvalue weighted by Gasteiger charge is -2.42. The summed E-state index contributed by atoms with van der Waals surface area (Å²) in [6.07, 6.45) is 5.15. The van der Waals surface area contributed by atoms with Gasteiger partial charge in [-0.1, -0.05) is 35.9 Å². The number of aromatic nitrogens is 1. The van der Waals surface area contributed by atoms with Gasteiger partial charge in [0.1, 0.15) is 4.75 Å². The Hall–Kier alpha value is -2.97. The first-order valence-corrected chi connectivity index (χ1v) is 14.0. The zero-order chi connectivity index (χ0) is 25.6. The molecular formula is C28H29ClN4O3S. The van der Waals surface area contributed by atoms with Crippen LogP contribution in [0.3, 0.4) is 0 Å². The third kappa shape index (κ3) is 4.50. The maximum Gasteiger partial charge on any atom is 0.242 e. The van der Waals surface area contributed by atoms with Crippen LogP contribution in [0.4, 0.5) is 0 Å². The van der Waals surface area contributed by atoms with E-state index in [4.69, 9.17) is 11.6 Å². The molecule has 1 saturated carbocycles. The van der Waals surface area contributed by atoms with E-state index >= 15 is 0 Å². The van der Waals surface area contributed by atoms with Gasteiger partial charge in [-0.15, -0.1) is 11.8 Å². The van der Waals surface area contributed by atoms with Crippen molar-refractivity contribution in [3.05, 3.63) is 65.3 Å². The van der Waals surface area contributed by atoms with Crippen molar-refractivity contribution in [2.24, 2.45) is 5.92 Å². The molecule has 7 nitrogen and oxygen atoms in total. The molecule has 1 aliphatic carbocycles. The van der Waals surface area contributed by atoms with E-state index < -0.39 is 10.8 Å². The summed E-state index contributed by atoms with van der Waals surface area (Å²) in [6.45, 7) is 2.57. The van der Waals surface area contributed by atoms with Crippen molar-refractivity contribution in [1.29, 1.82) is 0 Å². The minimum Gasteiger partial charge on any atom is -0.361 e. The van der Waals surface area contributed by atoms with E-state index in [9.17, 15) is 14.4 Å². The number of fused-ring (bicyclic) bond motifs is 1. The number of carbonyl (C=O) groups is 3. The van der Waals surface area contributed by atoms with Gasteiger partial charge < -0.3 is 19.7 Å². The molecule has 2 aromatic carbocycles. The van der Waals surface area contributed by atoms with Crippen LogP contribution >= 0.6 is 23.4 Å². The van der Waals surface area contributed by atoms with E-state index in [1.807, 2.05) is 64.5 Å². The van der Waals surface area contributed by atoms with Crippen molar-refractivity contribution < 1.29 is 14.4 Å². The van der Waals surface area contributed by atoms with Crippen molar-refractivity contribution in [2.75, 3.05) is 32.7 Å². The Morgan fingerprint density at radius 3 is 2.57 bits per heavy atom. The van der Waals surface area contributed by atoms with Gasteiger partial charge in [0, 0.05) is 65.3 Å². The molecule has 2 aliphatic heterocycles. The Balaban J connectivity index is 1.48.